The number of anilines is 1. The van der Waals surface area contributed by atoms with E-state index in [1.807, 2.05) is 19.1 Å². The maximum Gasteiger partial charge on any atom is 0.252 e. The van der Waals surface area contributed by atoms with Gasteiger partial charge in [0.1, 0.15) is 5.82 Å². The summed E-state index contributed by atoms with van der Waals surface area (Å²) in [5.41, 5.74) is 0.582. The molecule has 0 aromatic carbocycles. The quantitative estimate of drug-likeness (QED) is 0.837. The molecule has 0 unspecified atom stereocenters. The molecule has 0 saturated carbocycles. The minimum absolute atomic E-state index is 0.0869. The highest BCUT2D eigenvalue weighted by Gasteiger charge is 2.06. The van der Waals surface area contributed by atoms with Crippen molar-refractivity contribution in [2.24, 2.45) is 0 Å². The van der Waals surface area contributed by atoms with Crippen molar-refractivity contribution in [3.05, 3.63) is 44.7 Å². The van der Waals surface area contributed by atoms with Gasteiger partial charge in [0, 0.05) is 24.2 Å². The van der Waals surface area contributed by atoms with Gasteiger partial charge in [0.15, 0.2) is 0 Å². The van der Waals surface area contributed by atoms with E-state index >= 15 is 0 Å². The number of carbonyl (C=O) groups is 1. The van der Waals surface area contributed by atoms with E-state index in [1.54, 1.807) is 23.6 Å². The lowest BCUT2D eigenvalue weighted by molar-refractivity contribution is 0.0954. The van der Waals surface area contributed by atoms with Crippen LogP contribution in [0.25, 0.3) is 0 Å². The van der Waals surface area contributed by atoms with Gasteiger partial charge in [0.05, 0.1) is 9.35 Å². The topological polar surface area (TPSA) is 54.0 Å². The van der Waals surface area contributed by atoms with E-state index in [0.717, 1.165) is 22.6 Å². The van der Waals surface area contributed by atoms with E-state index < -0.39 is 0 Å². The van der Waals surface area contributed by atoms with Gasteiger partial charge < -0.3 is 10.6 Å². The molecule has 0 spiro atoms. The molecule has 2 N–H and O–H groups in total. The Labute approximate surface area is 130 Å². The first-order chi connectivity index (χ1) is 9.69. The Hall–Kier alpha value is -1.40. The Kier molecular flexibility index (Phi) is 5.55. The molecule has 0 radical (unpaired) electrons. The first kappa shape index (κ1) is 15.0. The van der Waals surface area contributed by atoms with Gasteiger partial charge >= 0.3 is 0 Å². The molecule has 0 bridgehead atoms. The lowest BCUT2D eigenvalue weighted by Gasteiger charge is -2.05. The van der Waals surface area contributed by atoms with E-state index in [1.165, 1.54) is 4.88 Å². The number of aromatic nitrogens is 1. The lowest BCUT2D eigenvalue weighted by atomic mass is 10.2. The second-order valence-electron chi connectivity index (χ2n) is 4.17. The van der Waals surface area contributed by atoms with Crippen LogP contribution in [0.5, 0.6) is 0 Å². The number of nitrogens with one attached hydrogen (secondary N) is 2. The van der Waals surface area contributed by atoms with E-state index in [2.05, 4.69) is 37.6 Å². The van der Waals surface area contributed by atoms with Crippen LogP contribution >= 0.6 is 27.3 Å². The molecule has 6 heteroatoms. The molecule has 2 rings (SSSR count). The van der Waals surface area contributed by atoms with Crippen molar-refractivity contribution in [3.63, 3.8) is 0 Å². The summed E-state index contributed by atoms with van der Waals surface area (Å²) in [7, 11) is 0. The third-order valence-electron chi connectivity index (χ3n) is 2.67. The summed E-state index contributed by atoms with van der Waals surface area (Å²) in [6.45, 7) is 3.45. The number of nitrogens with zero attached hydrogens (tertiary/aromatic N) is 1. The number of hydrogen-bond donors (Lipinski definition) is 2. The molecule has 4 nitrogen and oxygen atoms in total. The number of pyridine rings is 1. The van der Waals surface area contributed by atoms with Gasteiger partial charge in [-0.25, -0.2) is 4.98 Å². The van der Waals surface area contributed by atoms with Crippen LogP contribution in [0.1, 0.15) is 22.2 Å². The summed E-state index contributed by atoms with van der Waals surface area (Å²) in [4.78, 5) is 17.4. The largest absolute Gasteiger partial charge is 0.370 e. The summed E-state index contributed by atoms with van der Waals surface area (Å²) < 4.78 is 1.11. The van der Waals surface area contributed by atoms with Crippen LogP contribution in [0.3, 0.4) is 0 Å². The molecule has 2 aromatic heterocycles. The van der Waals surface area contributed by atoms with Crippen molar-refractivity contribution < 1.29 is 4.79 Å². The normalized spacial score (nSPS) is 10.3. The summed E-state index contributed by atoms with van der Waals surface area (Å²) in [5, 5.41) is 5.99. The molecule has 2 heterocycles. The average molecular weight is 354 g/mol. The first-order valence-electron chi connectivity index (χ1n) is 6.41. The van der Waals surface area contributed by atoms with Crippen LogP contribution in [0, 0.1) is 0 Å². The summed E-state index contributed by atoms with van der Waals surface area (Å²) in [6, 6.07) is 7.68. The molecule has 0 aliphatic rings. The van der Waals surface area contributed by atoms with E-state index in [4.69, 9.17) is 0 Å². The second kappa shape index (κ2) is 7.40. The van der Waals surface area contributed by atoms with Crippen molar-refractivity contribution in [1.29, 1.82) is 0 Å². The van der Waals surface area contributed by atoms with Crippen molar-refractivity contribution in [1.82, 2.24) is 10.3 Å². The van der Waals surface area contributed by atoms with Crippen LogP contribution in [0.2, 0.25) is 0 Å². The zero-order valence-electron chi connectivity index (χ0n) is 11.1. The number of carbonyl (C=O) groups excluding carboxylic acids is 1. The van der Waals surface area contributed by atoms with Crippen LogP contribution < -0.4 is 10.6 Å². The number of thiophene rings is 1. The van der Waals surface area contributed by atoms with Gasteiger partial charge in [-0.3, -0.25) is 4.79 Å². The van der Waals surface area contributed by atoms with Crippen LogP contribution in [0.15, 0.2) is 34.2 Å². The highest BCUT2D eigenvalue weighted by atomic mass is 79.9. The maximum atomic E-state index is 11.9. The fourth-order valence-electron chi connectivity index (χ4n) is 1.70. The fraction of sp³-hybridized carbons (Fsp3) is 0.286. The minimum Gasteiger partial charge on any atom is -0.370 e. The molecular weight excluding hydrogens is 338 g/mol. The number of halogens is 1. The third-order valence-corrected chi connectivity index (χ3v) is 4.35. The summed E-state index contributed by atoms with van der Waals surface area (Å²) >= 11 is 5.11. The van der Waals surface area contributed by atoms with Crippen molar-refractivity contribution in [2.45, 2.75) is 13.3 Å². The highest BCUT2D eigenvalue weighted by Crippen LogP contribution is 2.22. The van der Waals surface area contributed by atoms with Crippen LogP contribution in [-0.4, -0.2) is 24.0 Å². The minimum atomic E-state index is -0.0869. The molecule has 0 aliphatic heterocycles. The average Bonchev–Trinajstić information content (AvgIpc) is 2.85. The van der Waals surface area contributed by atoms with Gasteiger partial charge in [0.25, 0.3) is 5.91 Å². The standard InChI is InChI=1S/C14H16BrN3OS/c1-2-16-13-6-3-10(9-18-13)14(19)17-8-7-11-4-5-12(15)20-11/h3-6,9H,2,7-8H2,1H3,(H,16,18)(H,17,19). The zero-order valence-corrected chi connectivity index (χ0v) is 13.6. The molecule has 0 aliphatic carbocycles. The summed E-state index contributed by atoms with van der Waals surface area (Å²) in [5.74, 6) is 0.698. The highest BCUT2D eigenvalue weighted by molar-refractivity contribution is 9.11. The molecule has 0 atom stereocenters. The Morgan fingerprint density at radius 3 is 2.80 bits per heavy atom. The molecule has 20 heavy (non-hydrogen) atoms. The fourth-order valence-corrected chi connectivity index (χ4v) is 3.18. The van der Waals surface area contributed by atoms with Crippen molar-refractivity contribution in [3.8, 4) is 0 Å². The Morgan fingerprint density at radius 1 is 1.35 bits per heavy atom. The maximum absolute atomic E-state index is 11.9. The van der Waals surface area contributed by atoms with Gasteiger partial charge in [-0.2, -0.15) is 0 Å². The van der Waals surface area contributed by atoms with Gasteiger partial charge in [0.2, 0.25) is 0 Å². The first-order valence-corrected chi connectivity index (χ1v) is 8.02. The van der Waals surface area contributed by atoms with Crippen LogP contribution in [-0.2, 0) is 6.42 Å². The third kappa shape index (κ3) is 4.31. The monoisotopic (exact) mass is 353 g/mol. The molecule has 1 amide bonds. The van der Waals surface area contributed by atoms with E-state index in [9.17, 15) is 4.79 Å². The molecule has 106 valence electrons. The zero-order chi connectivity index (χ0) is 14.4. The number of rotatable bonds is 6. The van der Waals surface area contributed by atoms with Gasteiger partial charge in [-0.1, -0.05) is 0 Å². The van der Waals surface area contributed by atoms with Gasteiger partial charge in [-0.15, -0.1) is 11.3 Å². The molecule has 2 aromatic rings. The second-order valence-corrected chi connectivity index (χ2v) is 6.72. The predicted octanol–water partition coefficient (Wildman–Crippen LogP) is 3.31. The number of hydrogen-bond acceptors (Lipinski definition) is 4. The summed E-state index contributed by atoms with van der Waals surface area (Å²) in [6.07, 6.45) is 2.43. The smallest absolute Gasteiger partial charge is 0.252 e. The SMILES string of the molecule is CCNc1ccc(C(=O)NCCc2ccc(Br)s2)cn1. The Balaban J connectivity index is 1.82. The van der Waals surface area contributed by atoms with Gasteiger partial charge in [-0.05, 0) is 53.5 Å². The van der Waals surface area contributed by atoms with Crippen molar-refractivity contribution in [2.75, 3.05) is 18.4 Å². The number of amides is 1. The lowest BCUT2D eigenvalue weighted by Crippen LogP contribution is -2.25. The van der Waals surface area contributed by atoms with Crippen molar-refractivity contribution >= 4 is 39.0 Å². The Bertz CT molecular complexity index is 568. The molecular formula is C14H16BrN3OS. The van der Waals surface area contributed by atoms with Crippen LogP contribution in [0.4, 0.5) is 5.82 Å². The van der Waals surface area contributed by atoms with E-state index in [0.29, 0.717) is 12.1 Å². The molecule has 0 fully saturated rings. The van der Waals surface area contributed by atoms with E-state index in [-0.39, 0.29) is 5.91 Å². The predicted molar refractivity (Wildman–Crippen MR) is 86.5 cm³/mol. The molecule has 0 saturated heterocycles. The Morgan fingerprint density at radius 2 is 2.20 bits per heavy atom.